The van der Waals surface area contributed by atoms with Crippen LogP contribution in [0.15, 0.2) is 63.7 Å². The highest BCUT2D eigenvalue weighted by Gasteiger charge is 2.32. The van der Waals surface area contributed by atoms with Crippen molar-refractivity contribution in [3.05, 3.63) is 65.9 Å². The van der Waals surface area contributed by atoms with Crippen molar-refractivity contribution in [2.24, 2.45) is 0 Å². The number of nitrogens with zero attached hydrogens (tertiary/aromatic N) is 1. The van der Waals surface area contributed by atoms with Crippen molar-refractivity contribution >= 4 is 21.2 Å². The van der Waals surface area contributed by atoms with Crippen LogP contribution in [-0.2, 0) is 20.9 Å². The number of hydrogen-bond donors (Lipinski definition) is 1. The summed E-state index contributed by atoms with van der Waals surface area (Å²) < 4.78 is 27.1. The summed E-state index contributed by atoms with van der Waals surface area (Å²) in [6.07, 6.45) is 0. The van der Waals surface area contributed by atoms with Gasteiger partial charge in [-0.2, -0.15) is 0 Å². The monoisotopic (exact) mass is 415 g/mol. The second kappa shape index (κ2) is 7.10. The Kier molecular flexibility index (Phi) is 5.25. The summed E-state index contributed by atoms with van der Waals surface area (Å²) in [6.45, 7) is 9.24. The van der Waals surface area contributed by atoms with Gasteiger partial charge in [0.05, 0.1) is 16.2 Å². The van der Waals surface area contributed by atoms with Gasteiger partial charge in [-0.25, -0.2) is 13.4 Å². The van der Waals surface area contributed by atoms with Crippen molar-refractivity contribution in [3.63, 3.8) is 0 Å². The lowest BCUT2D eigenvalue weighted by Gasteiger charge is -2.19. The van der Waals surface area contributed by atoms with E-state index in [1.54, 1.807) is 38.1 Å². The van der Waals surface area contributed by atoms with Crippen molar-refractivity contribution in [1.29, 1.82) is 0 Å². The Morgan fingerprint density at radius 3 is 1.96 bits per heavy atom. The summed E-state index contributed by atoms with van der Waals surface area (Å²) in [5, 5.41) is 10.8. The Hall–Kier alpha value is -2.02. The number of benzene rings is 2. The second-order valence-electron chi connectivity index (χ2n) is 8.36. The van der Waals surface area contributed by atoms with Crippen LogP contribution in [0.4, 0.5) is 0 Å². The normalized spacial score (nSPS) is 12.9. The molecule has 1 heterocycles. The molecule has 0 bridgehead atoms. The summed E-state index contributed by atoms with van der Waals surface area (Å²) in [5.74, 6) is 0. The van der Waals surface area contributed by atoms with Gasteiger partial charge in [0.1, 0.15) is 9.22 Å². The van der Waals surface area contributed by atoms with E-state index in [4.69, 9.17) is 4.98 Å². The number of aromatic nitrogens is 1. The van der Waals surface area contributed by atoms with Gasteiger partial charge in [0, 0.05) is 11.0 Å². The zero-order valence-electron chi connectivity index (χ0n) is 16.7. The zero-order chi connectivity index (χ0) is 20.7. The maximum Gasteiger partial charge on any atom is 0.217 e. The molecule has 6 heteroatoms. The van der Waals surface area contributed by atoms with Crippen molar-refractivity contribution in [1.82, 2.24) is 4.98 Å². The first-order chi connectivity index (χ1) is 12.9. The van der Waals surface area contributed by atoms with Gasteiger partial charge < -0.3 is 5.11 Å². The second-order valence-corrected chi connectivity index (χ2v) is 11.5. The van der Waals surface area contributed by atoms with E-state index < -0.39 is 20.9 Å². The Labute approximate surface area is 170 Å². The van der Waals surface area contributed by atoms with Crippen LogP contribution in [0.1, 0.15) is 45.9 Å². The number of rotatable bonds is 4. The summed E-state index contributed by atoms with van der Waals surface area (Å²) in [7, 11) is -3.73. The SMILES string of the molecule is CC(C)(C)c1nc(-c2ccccc2)sc1S(=O)(=O)c1ccc(C(C)(C)O)cc1. The lowest BCUT2D eigenvalue weighted by Crippen LogP contribution is -2.17. The number of aliphatic hydroxyl groups is 1. The average molecular weight is 416 g/mol. The molecule has 1 N–H and O–H groups in total. The third-order valence-electron chi connectivity index (χ3n) is 4.44. The molecule has 0 amide bonds. The predicted octanol–water partition coefficient (Wildman–Crippen LogP) is 5.17. The van der Waals surface area contributed by atoms with Crippen LogP contribution < -0.4 is 0 Å². The van der Waals surface area contributed by atoms with Crippen LogP contribution in [-0.4, -0.2) is 18.5 Å². The van der Waals surface area contributed by atoms with E-state index in [1.807, 2.05) is 51.1 Å². The highest BCUT2D eigenvalue weighted by Crippen LogP contribution is 2.40. The minimum atomic E-state index is -3.73. The molecule has 2 aromatic carbocycles. The van der Waals surface area contributed by atoms with Crippen LogP contribution in [0.3, 0.4) is 0 Å². The molecule has 0 aliphatic carbocycles. The minimum absolute atomic E-state index is 0.203. The first-order valence-electron chi connectivity index (χ1n) is 9.05. The third-order valence-corrected chi connectivity index (χ3v) is 7.82. The smallest absolute Gasteiger partial charge is 0.217 e. The maximum absolute atomic E-state index is 13.4. The van der Waals surface area contributed by atoms with E-state index in [1.165, 1.54) is 11.3 Å². The molecule has 28 heavy (non-hydrogen) atoms. The van der Waals surface area contributed by atoms with Crippen LogP contribution in [0.2, 0.25) is 0 Å². The first-order valence-corrected chi connectivity index (χ1v) is 11.4. The Morgan fingerprint density at radius 2 is 1.46 bits per heavy atom. The maximum atomic E-state index is 13.4. The number of hydrogen-bond acceptors (Lipinski definition) is 5. The van der Waals surface area contributed by atoms with E-state index >= 15 is 0 Å². The molecule has 0 atom stereocenters. The standard InChI is InChI=1S/C22H25NO3S2/c1-21(2,3)18-20(27-19(23-18)15-9-7-6-8-10-15)28(25,26)17-13-11-16(12-14-17)22(4,5)24/h6-14,24H,1-5H3. The predicted molar refractivity (Wildman–Crippen MR) is 113 cm³/mol. The van der Waals surface area contributed by atoms with E-state index in [0.29, 0.717) is 16.3 Å². The highest BCUT2D eigenvalue weighted by atomic mass is 32.2. The van der Waals surface area contributed by atoms with E-state index in [9.17, 15) is 13.5 Å². The molecule has 3 rings (SSSR count). The zero-order valence-corrected chi connectivity index (χ0v) is 18.4. The number of sulfone groups is 1. The van der Waals surface area contributed by atoms with E-state index in [0.717, 1.165) is 5.56 Å². The molecule has 0 saturated carbocycles. The first kappa shape index (κ1) is 20.7. The van der Waals surface area contributed by atoms with Crippen LogP contribution in [0, 0.1) is 0 Å². The van der Waals surface area contributed by atoms with E-state index in [-0.39, 0.29) is 9.10 Å². The van der Waals surface area contributed by atoms with Crippen molar-refractivity contribution in [2.75, 3.05) is 0 Å². The molecular formula is C22H25NO3S2. The quantitative estimate of drug-likeness (QED) is 0.638. The van der Waals surface area contributed by atoms with Crippen LogP contribution >= 0.6 is 11.3 Å². The van der Waals surface area contributed by atoms with Crippen LogP contribution in [0.5, 0.6) is 0 Å². The van der Waals surface area contributed by atoms with Gasteiger partial charge in [0.25, 0.3) is 0 Å². The number of thiazole rings is 1. The lowest BCUT2D eigenvalue weighted by atomic mass is 9.93. The summed E-state index contributed by atoms with van der Waals surface area (Å²) in [6, 6.07) is 16.0. The fourth-order valence-corrected chi connectivity index (χ4v) is 6.11. The molecule has 0 saturated heterocycles. The molecule has 0 unspecified atom stereocenters. The Bertz CT molecular complexity index is 1070. The molecule has 0 aliphatic rings. The topological polar surface area (TPSA) is 67.3 Å². The summed E-state index contributed by atoms with van der Waals surface area (Å²) >= 11 is 1.20. The lowest BCUT2D eigenvalue weighted by molar-refractivity contribution is 0.0785. The van der Waals surface area contributed by atoms with E-state index in [2.05, 4.69) is 0 Å². The van der Waals surface area contributed by atoms with Gasteiger partial charge in [0.15, 0.2) is 0 Å². The van der Waals surface area contributed by atoms with Gasteiger partial charge >= 0.3 is 0 Å². The van der Waals surface area contributed by atoms with Gasteiger partial charge in [-0.3, -0.25) is 0 Å². The molecule has 0 aliphatic heterocycles. The molecule has 0 spiro atoms. The minimum Gasteiger partial charge on any atom is -0.386 e. The summed E-state index contributed by atoms with van der Waals surface area (Å²) in [4.78, 5) is 4.90. The summed E-state index contributed by atoms with van der Waals surface area (Å²) in [5.41, 5.74) is 0.694. The molecule has 148 valence electrons. The molecule has 3 aromatic rings. The van der Waals surface area contributed by atoms with Gasteiger partial charge in [-0.15, -0.1) is 11.3 Å². The molecular weight excluding hydrogens is 390 g/mol. The van der Waals surface area contributed by atoms with Gasteiger partial charge in [-0.1, -0.05) is 63.2 Å². The largest absolute Gasteiger partial charge is 0.386 e. The Balaban J connectivity index is 2.14. The third kappa shape index (κ3) is 4.04. The highest BCUT2D eigenvalue weighted by molar-refractivity contribution is 7.93. The average Bonchev–Trinajstić information content (AvgIpc) is 3.09. The van der Waals surface area contributed by atoms with Gasteiger partial charge in [0.2, 0.25) is 9.84 Å². The van der Waals surface area contributed by atoms with Crippen molar-refractivity contribution in [2.45, 2.75) is 54.7 Å². The van der Waals surface area contributed by atoms with Crippen LogP contribution in [0.25, 0.3) is 10.6 Å². The van der Waals surface area contributed by atoms with Crippen molar-refractivity contribution < 1.29 is 13.5 Å². The molecule has 1 aromatic heterocycles. The fraction of sp³-hybridized carbons (Fsp3) is 0.318. The molecule has 4 nitrogen and oxygen atoms in total. The fourth-order valence-electron chi connectivity index (χ4n) is 2.82. The van der Waals surface area contributed by atoms with Gasteiger partial charge in [-0.05, 0) is 31.5 Å². The molecule has 0 fully saturated rings. The molecule has 0 radical (unpaired) electrons. The van der Waals surface area contributed by atoms with Crippen molar-refractivity contribution in [3.8, 4) is 10.6 Å². The Morgan fingerprint density at radius 1 is 0.893 bits per heavy atom.